The number of hydrogen-bond donors (Lipinski definition) is 2. The van der Waals surface area contributed by atoms with E-state index in [-0.39, 0.29) is 17.9 Å². The SMILES string of the molecule is Cc1nc(-c2ccccn2)[nH]c(=O)c1CC(=O)NCC1CCOC1. The molecule has 1 aliphatic rings. The molecule has 24 heavy (non-hydrogen) atoms. The molecular weight excluding hydrogens is 308 g/mol. The number of pyridine rings is 1. The zero-order valence-corrected chi connectivity index (χ0v) is 13.5. The molecular formula is C17H20N4O3. The lowest BCUT2D eigenvalue weighted by Gasteiger charge is -2.10. The van der Waals surface area contributed by atoms with Crippen LogP contribution >= 0.6 is 0 Å². The molecule has 0 spiro atoms. The fraction of sp³-hybridized carbons (Fsp3) is 0.412. The second kappa shape index (κ2) is 7.35. The van der Waals surface area contributed by atoms with E-state index in [0.29, 0.717) is 41.8 Å². The topological polar surface area (TPSA) is 97.0 Å². The van der Waals surface area contributed by atoms with Crippen molar-refractivity contribution >= 4 is 5.91 Å². The number of ether oxygens (including phenoxy) is 1. The van der Waals surface area contributed by atoms with Crippen LogP contribution in [0, 0.1) is 12.8 Å². The Labute approximate surface area is 139 Å². The molecule has 0 aromatic carbocycles. The number of aromatic amines is 1. The summed E-state index contributed by atoms with van der Waals surface area (Å²) in [5.41, 5.74) is 1.21. The molecule has 1 atom stereocenters. The molecule has 1 fully saturated rings. The van der Waals surface area contributed by atoms with Crippen LogP contribution in [0.4, 0.5) is 0 Å². The van der Waals surface area contributed by atoms with Gasteiger partial charge in [-0.1, -0.05) is 6.07 Å². The average Bonchev–Trinajstić information content (AvgIpc) is 3.10. The first kappa shape index (κ1) is 16.3. The number of carbonyl (C=O) groups is 1. The maximum atomic E-state index is 12.3. The molecule has 1 amide bonds. The van der Waals surface area contributed by atoms with Gasteiger partial charge >= 0.3 is 0 Å². The van der Waals surface area contributed by atoms with Crippen molar-refractivity contribution in [1.82, 2.24) is 20.3 Å². The van der Waals surface area contributed by atoms with Gasteiger partial charge in [0, 0.05) is 36.5 Å². The van der Waals surface area contributed by atoms with Gasteiger partial charge in [0.1, 0.15) is 5.69 Å². The van der Waals surface area contributed by atoms with E-state index in [1.807, 2.05) is 6.07 Å². The highest BCUT2D eigenvalue weighted by atomic mass is 16.5. The number of nitrogens with one attached hydrogen (secondary N) is 2. The van der Waals surface area contributed by atoms with Crippen LogP contribution in [-0.4, -0.2) is 40.6 Å². The number of aryl methyl sites for hydroxylation is 1. The molecule has 0 radical (unpaired) electrons. The van der Waals surface area contributed by atoms with Gasteiger partial charge in [-0.25, -0.2) is 4.98 Å². The molecule has 2 aromatic heterocycles. The lowest BCUT2D eigenvalue weighted by atomic mass is 10.1. The first-order chi connectivity index (χ1) is 11.6. The van der Waals surface area contributed by atoms with E-state index in [4.69, 9.17) is 4.74 Å². The van der Waals surface area contributed by atoms with Crippen LogP contribution in [0.15, 0.2) is 29.2 Å². The van der Waals surface area contributed by atoms with Crippen molar-refractivity contribution in [2.45, 2.75) is 19.8 Å². The lowest BCUT2D eigenvalue weighted by molar-refractivity contribution is -0.120. The molecule has 0 saturated carbocycles. The second-order valence-electron chi connectivity index (χ2n) is 5.90. The first-order valence-corrected chi connectivity index (χ1v) is 7.99. The molecule has 1 aliphatic heterocycles. The summed E-state index contributed by atoms with van der Waals surface area (Å²) in [4.78, 5) is 35.6. The van der Waals surface area contributed by atoms with Crippen molar-refractivity contribution in [2.24, 2.45) is 5.92 Å². The number of rotatable bonds is 5. The fourth-order valence-corrected chi connectivity index (χ4v) is 2.67. The van der Waals surface area contributed by atoms with Crippen molar-refractivity contribution in [3.05, 3.63) is 46.0 Å². The third-order valence-corrected chi connectivity index (χ3v) is 4.08. The lowest BCUT2D eigenvalue weighted by Crippen LogP contribution is -2.33. The van der Waals surface area contributed by atoms with Crippen LogP contribution < -0.4 is 10.9 Å². The van der Waals surface area contributed by atoms with Crippen molar-refractivity contribution in [3.63, 3.8) is 0 Å². The summed E-state index contributed by atoms with van der Waals surface area (Å²) in [7, 11) is 0. The molecule has 1 unspecified atom stereocenters. The number of aromatic nitrogens is 3. The van der Waals surface area contributed by atoms with Crippen LogP contribution in [0.1, 0.15) is 17.7 Å². The number of amides is 1. The average molecular weight is 328 g/mol. The Balaban J connectivity index is 1.69. The number of H-pyrrole nitrogens is 1. The molecule has 7 nitrogen and oxygen atoms in total. The maximum absolute atomic E-state index is 12.3. The van der Waals surface area contributed by atoms with E-state index in [2.05, 4.69) is 20.3 Å². The van der Waals surface area contributed by atoms with Gasteiger partial charge in [-0.2, -0.15) is 0 Å². The van der Waals surface area contributed by atoms with Crippen molar-refractivity contribution < 1.29 is 9.53 Å². The summed E-state index contributed by atoms with van der Waals surface area (Å²) < 4.78 is 5.28. The van der Waals surface area contributed by atoms with Gasteiger partial charge in [-0.15, -0.1) is 0 Å². The van der Waals surface area contributed by atoms with E-state index in [0.717, 1.165) is 13.0 Å². The van der Waals surface area contributed by atoms with Crippen LogP contribution in [0.25, 0.3) is 11.5 Å². The van der Waals surface area contributed by atoms with Crippen LogP contribution in [0.2, 0.25) is 0 Å². The molecule has 1 saturated heterocycles. The minimum Gasteiger partial charge on any atom is -0.381 e. The fourth-order valence-electron chi connectivity index (χ4n) is 2.67. The normalized spacial score (nSPS) is 17.0. The van der Waals surface area contributed by atoms with Gasteiger partial charge in [0.05, 0.1) is 13.0 Å². The summed E-state index contributed by atoms with van der Waals surface area (Å²) in [6, 6.07) is 5.39. The number of hydrogen-bond acceptors (Lipinski definition) is 5. The molecule has 0 bridgehead atoms. The minimum absolute atomic E-state index is 0.0181. The van der Waals surface area contributed by atoms with E-state index in [1.165, 1.54) is 0 Å². The second-order valence-corrected chi connectivity index (χ2v) is 5.90. The van der Waals surface area contributed by atoms with Gasteiger partial charge in [0.25, 0.3) is 5.56 Å². The predicted molar refractivity (Wildman–Crippen MR) is 88.5 cm³/mol. The molecule has 0 aliphatic carbocycles. The van der Waals surface area contributed by atoms with Crippen LogP contribution in [0.5, 0.6) is 0 Å². The number of carbonyl (C=O) groups excluding carboxylic acids is 1. The molecule has 2 aromatic rings. The van der Waals surface area contributed by atoms with Crippen LogP contribution in [0.3, 0.4) is 0 Å². The highest BCUT2D eigenvalue weighted by Crippen LogP contribution is 2.12. The zero-order chi connectivity index (χ0) is 16.9. The highest BCUT2D eigenvalue weighted by molar-refractivity contribution is 5.78. The Morgan fingerprint density at radius 2 is 2.33 bits per heavy atom. The predicted octanol–water partition coefficient (Wildman–Crippen LogP) is 0.836. The highest BCUT2D eigenvalue weighted by Gasteiger charge is 2.18. The van der Waals surface area contributed by atoms with Crippen molar-refractivity contribution in [2.75, 3.05) is 19.8 Å². The minimum atomic E-state index is -0.303. The summed E-state index contributed by atoms with van der Waals surface area (Å²) in [5, 5.41) is 2.86. The largest absolute Gasteiger partial charge is 0.381 e. The summed E-state index contributed by atoms with van der Waals surface area (Å²) >= 11 is 0. The van der Waals surface area contributed by atoms with Gasteiger partial charge < -0.3 is 15.0 Å². The summed E-state index contributed by atoms with van der Waals surface area (Å²) in [6.45, 7) is 3.74. The van der Waals surface area contributed by atoms with Gasteiger partial charge in [0.15, 0.2) is 5.82 Å². The monoisotopic (exact) mass is 328 g/mol. The zero-order valence-electron chi connectivity index (χ0n) is 13.5. The van der Waals surface area contributed by atoms with E-state index >= 15 is 0 Å². The van der Waals surface area contributed by atoms with E-state index < -0.39 is 0 Å². The Bertz CT molecular complexity index is 767. The van der Waals surface area contributed by atoms with Gasteiger partial charge in [0.2, 0.25) is 5.91 Å². The Kier molecular flexibility index (Phi) is 5.00. The smallest absolute Gasteiger partial charge is 0.255 e. The van der Waals surface area contributed by atoms with E-state index in [1.54, 1.807) is 25.3 Å². The third kappa shape index (κ3) is 3.86. The maximum Gasteiger partial charge on any atom is 0.255 e. The number of nitrogens with zero attached hydrogens (tertiary/aromatic N) is 2. The molecule has 3 rings (SSSR count). The quantitative estimate of drug-likeness (QED) is 0.847. The first-order valence-electron chi connectivity index (χ1n) is 7.99. The Hall–Kier alpha value is -2.54. The summed E-state index contributed by atoms with van der Waals surface area (Å²) in [6.07, 6.45) is 2.61. The van der Waals surface area contributed by atoms with E-state index in [9.17, 15) is 9.59 Å². The third-order valence-electron chi connectivity index (χ3n) is 4.08. The molecule has 2 N–H and O–H groups in total. The molecule has 126 valence electrons. The Morgan fingerprint density at radius 3 is 3.00 bits per heavy atom. The summed E-state index contributed by atoms with van der Waals surface area (Å²) in [5.74, 6) is 0.589. The Morgan fingerprint density at radius 1 is 1.46 bits per heavy atom. The van der Waals surface area contributed by atoms with Crippen LogP contribution in [-0.2, 0) is 16.0 Å². The standard InChI is InChI=1S/C17H20N4O3/c1-11-13(8-15(22)19-9-12-5-7-24-10-12)17(23)21-16(20-11)14-4-2-3-6-18-14/h2-4,6,12H,5,7-10H2,1H3,(H,19,22)(H,20,21,23). The van der Waals surface area contributed by atoms with Gasteiger partial charge in [-0.05, 0) is 25.5 Å². The molecule has 3 heterocycles. The van der Waals surface area contributed by atoms with Crippen molar-refractivity contribution in [1.29, 1.82) is 0 Å². The molecule has 7 heteroatoms. The van der Waals surface area contributed by atoms with Gasteiger partial charge in [-0.3, -0.25) is 14.6 Å². The van der Waals surface area contributed by atoms with Crippen molar-refractivity contribution in [3.8, 4) is 11.5 Å².